The van der Waals surface area contributed by atoms with Crippen LogP contribution in [0.3, 0.4) is 0 Å². The van der Waals surface area contributed by atoms with E-state index in [9.17, 15) is 5.11 Å². The van der Waals surface area contributed by atoms with Crippen molar-refractivity contribution in [1.82, 2.24) is 19.5 Å². The lowest BCUT2D eigenvalue weighted by Crippen LogP contribution is -2.07. The summed E-state index contributed by atoms with van der Waals surface area (Å²) in [5, 5.41) is 11.3. The Kier molecular flexibility index (Phi) is 4.41. The summed E-state index contributed by atoms with van der Waals surface area (Å²) < 4.78 is 1.79. The Morgan fingerprint density at radius 1 is 1.17 bits per heavy atom. The number of hydrogen-bond acceptors (Lipinski definition) is 4. The summed E-state index contributed by atoms with van der Waals surface area (Å²) in [4.78, 5) is 12.4. The molecule has 0 bridgehead atoms. The molecule has 0 aromatic carbocycles. The van der Waals surface area contributed by atoms with Crippen LogP contribution in [0.25, 0.3) is 22.3 Å². The van der Waals surface area contributed by atoms with E-state index < -0.39 is 0 Å². The average Bonchev–Trinajstić information content (AvgIpc) is 2.87. The number of nitrogens with zero attached hydrogens (tertiary/aromatic N) is 4. The third-order valence-corrected chi connectivity index (χ3v) is 4.59. The van der Waals surface area contributed by atoms with Crippen LogP contribution in [0.15, 0.2) is 24.7 Å². The van der Waals surface area contributed by atoms with E-state index >= 15 is 0 Å². The molecule has 5 nitrogen and oxygen atoms in total. The van der Waals surface area contributed by atoms with E-state index in [-0.39, 0.29) is 12.1 Å². The molecule has 0 saturated carbocycles. The van der Waals surface area contributed by atoms with Crippen LogP contribution in [0.5, 0.6) is 6.01 Å². The summed E-state index contributed by atoms with van der Waals surface area (Å²) in [5.74, 6) is 0. The van der Waals surface area contributed by atoms with E-state index in [0.717, 1.165) is 18.4 Å². The fourth-order valence-electron chi connectivity index (χ4n) is 2.86. The minimum atomic E-state index is -0.0603. The number of fused-ring (bicyclic) bond motifs is 1. The number of aromatic hydroxyl groups is 1. The van der Waals surface area contributed by atoms with E-state index in [1.54, 1.807) is 23.0 Å². The Hall–Kier alpha value is -1.85. The van der Waals surface area contributed by atoms with Crippen molar-refractivity contribution in [3.8, 4) is 17.1 Å². The normalized spacial score (nSPS) is 11.5. The van der Waals surface area contributed by atoms with E-state index in [1.807, 2.05) is 0 Å². The largest absolute Gasteiger partial charge is 0.480 e. The molecule has 0 aliphatic carbocycles. The summed E-state index contributed by atoms with van der Waals surface area (Å²) >= 11 is 12.7. The van der Waals surface area contributed by atoms with Crippen LogP contribution in [-0.4, -0.2) is 24.6 Å². The molecule has 3 rings (SSSR count). The first kappa shape index (κ1) is 16.0. The number of pyridine rings is 2. The Bertz CT molecular complexity index is 859. The van der Waals surface area contributed by atoms with Gasteiger partial charge in [-0.15, -0.1) is 0 Å². The van der Waals surface area contributed by atoms with Gasteiger partial charge in [-0.3, -0.25) is 9.55 Å². The van der Waals surface area contributed by atoms with Gasteiger partial charge in [0.15, 0.2) is 5.65 Å². The lowest BCUT2D eigenvalue weighted by atomic mass is 10.1. The molecule has 0 aliphatic rings. The molecule has 0 radical (unpaired) electrons. The Morgan fingerprint density at radius 2 is 1.91 bits per heavy atom. The summed E-state index contributed by atoms with van der Waals surface area (Å²) in [5.41, 5.74) is 2.59. The quantitative estimate of drug-likeness (QED) is 0.729. The smallest absolute Gasteiger partial charge is 0.296 e. The lowest BCUT2D eigenvalue weighted by molar-refractivity contribution is 0.362. The fourth-order valence-corrected chi connectivity index (χ4v) is 3.31. The van der Waals surface area contributed by atoms with Gasteiger partial charge in [-0.1, -0.05) is 37.0 Å². The maximum Gasteiger partial charge on any atom is 0.296 e. The molecule has 0 unspecified atom stereocenters. The first-order valence-corrected chi connectivity index (χ1v) is 8.19. The van der Waals surface area contributed by atoms with Gasteiger partial charge < -0.3 is 5.11 Å². The summed E-state index contributed by atoms with van der Waals surface area (Å²) in [7, 11) is 0. The van der Waals surface area contributed by atoms with Crippen molar-refractivity contribution in [2.75, 3.05) is 0 Å². The molecular weight excluding hydrogens is 335 g/mol. The Morgan fingerprint density at radius 3 is 2.57 bits per heavy atom. The van der Waals surface area contributed by atoms with Gasteiger partial charge in [-0.2, -0.15) is 4.98 Å². The van der Waals surface area contributed by atoms with Gasteiger partial charge in [-0.25, -0.2) is 4.98 Å². The van der Waals surface area contributed by atoms with E-state index in [2.05, 4.69) is 28.8 Å². The molecule has 0 atom stereocenters. The molecule has 0 spiro atoms. The van der Waals surface area contributed by atoms with Gasteiger partial charge in [0.2, 0.25) is 0 Å². The minimum Gasteiger partial charge on any atom is -0.480 e. The van der Waals surface area contributed by atoms with Gasteiger partial charge >= 0.3 is 0 Å². The fraction of sp³-hybridized carbons (Fsp3) is 0.312. The topological polar surface area (TPSA) is 63.8 Å². The zero-order valence-electron chi connectivity index (χ0n) is 12.8. The molecule has 0 saturated heterocycles. The van der Waals surface area contributed by atoms with Crippen LogP contribution in [0, 0.1) is 0 Å². The van der Waals surface area contributed by atoms with E-state index in [0.29, 0.717) is 26.8 Å². The maximum atomic E-state index is 10.3. The van der Waals surface area contributed by atoms with Crippen molar-refractivity contribution >= 4 is 34.4 Å². The zero-order chi connectivity index (χ0) is 16.6. The SMILES string of the molecule is CCC(CC)n1c(O)nc2ncc(Cl)c(-c3ccncc3Cl)c21. The molecule has 23 heavy (non-hydrogen) atoms. The van der Waals surface area contributed by atoms with E-state index in [4.69, 9.17) is 23.2 Å². The Labute approximate surface area is 143 Å². The van der Waals surface area contributed by atoms with E-state index in [1.165, 1.54) is 6.20 Å². The van der Waals surface area contributed by atoms with Crippen molar-refractivity contribution in [2.45, 2.75) is 32.7 Å². The minimum absolute atomic E-state index is 0.0603. The highest BCUT2D eigenvalue weighted by Crippen LogP contribution is 2.40. The molecule has 3 heterocycles. The number of aromatic nitrogens is 4. The van der Waals surface area contributed by atoms with Crippen molar-refractivity contribution in [3.63, 3.8) is 0 Å². The predicted octanol–water partition coefficient (Wildman–Crippen LogP) is 4.87. The van der Waals surface area contributed by atoms with Crippen LogP contribution >= 0.6 is 23.2 Å². The molecule has 0 fully saturated rings. The van der Waals surface area contributed by atoms with Crippen molar-refractivity contribution < 1.29 is 5.11 Å². The summed E-state index contributed by atoms with van der Waals surface area (Å²) in [6.07, 6.45) is 6.45. The average molecular weight is 351 g/mol. The monoisotopic (exact) mass is 350 g/mol. The van der Waals surface area contributed by atoms with Crippen LogP contribution < -0.4 is 0 Å². The molecule has 0 amide bonds. The van der Waals surface area contributed by atoms with Crippen LogP contribution in [0.1, 0.15) is 32.7 Å². The molecule has 7 heteroatoms. The van der Waals surface area contributed by atoms with Crippen molar-refractivity contribution in [3.05, 3.63) is 34.7 Å². The number of rotatable bonds is 4. The second-order valence-electron chi connectivity index (χ2n) is 5.26. The second kappa shape index (κ2) is 6.34. The van der Waals surface area contributed by atoms with Crippen molar-refractivity contribution in [2.24, 2.45) is 0 Å². The summed E-state index contributed by atoms with van der Waals surface area (Å²) in [6, 6.07) is 1.83. The number of hydrogen-bond donors (Lipinski definition) is 1. The lowest BCUT2D eigenvalue weighted by Gasteiger charge is -2.18. The van der Waals surface area contributed by atoms with Crippen molar-refractivity contribution in [1.29, 1.82) is 0 Å². The van der Waals surface area contributed by atoms with Gasteiger partial charge in [0, 0.05) is 35.8 Å². The molecule has 3 aromatic rings. The molecule has 0 aliphatic heterocycles. The van der Waals surface area contributed by atoms with Gasteiger partial charge in [0.1, 0.15) is 5.52 Å². The maximum absolute atomic E-state index is 10.3. The van der Waals surface area contributed by atoms with Crippen LogP contribution in [0.4, 0.5) is 0 Å². The molecule has 120 valence electrons. The Balaban J connectivity index is 2.42. The standard InChI is InChI=1S/C16H16Cl2N4O/c1-3-9(4-2)22-14-13(10-5-6-19-7-11(10)17)12(18)8-20-15(14)21-16(22)23/h5-9H,3-4H2,1-2H3,(H,20,21,23). The van der Waals surface area contributed by atoms with Gasteiger partial charge in [0.25, 0.3) is 6.01 Å². The molecule has 1 N–H and O–H groups in total. The predicted molar refractivity (Wildman–Crippen MR) is 92.1 cm³/mol. The third-order valence-electron chi connectivity index (χ3n) is 4.00. The van der Waals surface area contributed by atoms with Gasteiger partial charge in [0.05, 0.1) is 10.0 Å². The van der Waals surface area contributed by atoms with Crippen LogP contribution in [0.2, 0.25) is 10.0 Å². The molecule has 3 aromatic heterocycles. The first-order chi connectivity index (χ1) is 11.1. The zero-order valence-corrected chi connectivity index (χ0v) is 14.3. The highest BCUT2D eigenvalue weighted by molar-refractivity contribution is 6.37. The first-order valence-electron chi connectivity index (χ1n) is 7.43. The third kappa shape index (κ3) is 2.64. The molecular formula is C16H16Cl2N4O. The number of halogens is 2. The summed E-state index contributed by atoms with van der Waals surface area (Å²) in [6.45, 7) is 4.13. The second-order valence-corrected chi connectivity index (χ2v) is 6.08. The highest BCUT2D eigenvalue weighted by atomic mass is 35.5. The highest BCUT2D eigenvalue weighted by Gasteiger charge is 2.23. The number of imidazole rings is 1. The van der Waals surface area contributed by atoms with Crippen LogP contribution in [-0.2, 0) is 0 Å². The van der Waals surface area contributed by atoms with Gasteiger partial charge in [-0.05, 0) is 18.9 Å².